The Labute approximate surface area is 220 Å². The highest BCUT2D eigenvalue weighted by Crippen LogP contribution is 2.52. The van der Waals surface area contributed by atoms with Crippen molar-refractivity contribution in [2.45, 2.75) is 51.2 Å². The van der Waals surface area contributed by atoms with E-state index < -0.39 is 5.60 Å². The first-order valence-electron chi connectivity index (χ1n) is 12.4. The third kappa shape index (κ3) is 4.04. The summed E-state index contributed by atoms with van der Waals surface area (Å²) in [4.78, 5) is 24.7. The number of halogens is 1. The van der Waals surface area contributed by atoms with Crippen LogP contribution < -0.4 is 14.2 Å². The normalized spacial score (nSPS) is 18.2. The van der Waals surface area contributed by atoms with E-state index in [2.05, 4.69) is 0 Å². The molecule has 3 aromatic rings. The highest BCUT2D eigenvalue weighted by atomic mass is 35.5. The monoisotopic (exact) mass is 518 g/mol. The van der Waals surface area contributed by atoms with Gasteiger partial charge >= 0.3 is 5.97 Å². The van der Waals surface area contributed by atoms with Gasteiger partial charge < -0.3 is 18.9 Å². The van der Waals surface area contributed by atoms with Crippen LogP contribution >= 0.6 is 11.6 Å². The van der Waals surface area contributed by atoms with Crippen LogP contribution in [0.3, 0.4) is 0 Å². The van der Waals surface area contributed by atoms with E-state index >= 15 is 0 Å². The van der Waals surface area contributed by atoms with Gasteiger partial charge in [0.05, 0.1) is 25.7 Å². The van der Waals surface area contributed by atoms with E-state index in [4.69, 9.17) is 30.5 Å². The standard InChI is InChI=1S/C30H27ClO6/c1-16-10-25-28(29(33)30(37-25)8-9-30)17(2)27(16)18-4-7-23(31)20(11-18)15-35-21-5-6-22-19(12-26(32)34-3)14-36-24(22)13-21/h4-7,10-11,13,19H,8-9,12,14-15H2,1-3H3/t19-/m1/s1. The fraction of sp³-hybridized carbons (Fsp3) is 0.333. The minimum absolute atomic E-state index is 0.0199. The minimum Gasteiger partial charge on any atom is -0.492 e. The second kappa shape index (κ2) is 8.80. The van der Waals surface area contributed by atoms with Crippen molar-refractivity contribution < 1.29 is 28.5 Å². The van der Waals surface area contributed by atoms with Crippen LogP contribution in [0.25, 0.3) is 11.1 Å². The molecule has 190 valence electrons. The molecule has 1 saturated carbocycles. The average molecular weight is 519 g/mol. The van der Waals surface area contributed by atoms with Crippen molar-refractivity contribution in [2.24, 2.45) is 0 Å². The highest BCUT2D eigenvalue weighted by Gasteiger charge is 2.58. The number of methoxy groups -OCH3 is 1. The Morgan fingerprint density at radius 3 is 2.65 bits per heavy atom. The molecule has 7 heteroatoms. The lowest BCUT2D eigenvalue weighted by molar-refractivity contribution is -0.141. The van der Waals surface area contributed by atoms with E-state index in [9.17, 15) is 9.59 Å². The predicted molar refractivity (Wildman–Crippen MR) is 139 cm³/mol. The van der Waals surface area contributed by atoms with Gasteiger partial charge in [0.2, 0.25) is 5.78 Å². The fourth-order valence-corrected chi connectivity index (χ4v) is 5.66. The topological polar surface area (TPSA) is 71.1 Å². The molecule has 0 unspecified atom stereocenters. The van der Waals surface area contributed by atoms with Crippen molar-refractivity contribution in [2.75, 3.05) is 13.7 Å². The summed E-state index contributed by atoms with van der Waals surface area (Å²) in [5.74, 6) is 1.90. The lowest BCUT2D eigenvalue weighted by atomic mass is 9.89. The Hall–Kier alpha value is -3.51. The van der Waals surface area contributed by atoms with Gasteiger partial charge in [0.1, 0.15) is 23.9 Å². The van der Waals surface area contributed by atoms with Crippen molar-refractivity contribution in [3.05, 3.63) is 75.3 Å². The molecule has 0 N–H and O–H groups in total. The molecule has 1 spiro atoms. The van der Waals surface area contributed by atoms with Crippen molar-refractivity contribution in [1.29, 1.82) is 0 Å². The van der Waals surface area contributed by atoms with Crippen molar-refractivity contribution in [1.82, 2.24) is 0 Å². The zero-order valence-corrected chi connectivity index (χ0v) is 21.7. The number of ether oxygens (including phenoxy) is 4. The predicted octanol–water partition coefficient (Wildman–Crippen LogP) is 6.35. The lowest BCUT2D eigenvalue weighted by Crippen LogP contribution is -2.22. The van der Waals surface area contributed by atoms with Gasteiger partial charge in [-0.15, -0.1) is 0 Å². The van der Waals surface area contributed by atoms with Gasteiger partial charge in [-0.2, -0.15) is 0 Å². The maximum absolute atomic E-state index is 13.0. The summed E-state index contributed by atoms with van der Waals surface area (Å²) in [6.45, 7) is 4.74. The first-order valence-corrected chi connectivity index (χ1v) is 12.8. The summed E-state index contributed by atoms with van der Waals surface area (Å²) >= 11 is 6.54. The Morgan fingerprint density at radius 1 is 1.08 bits per heavy atom. The number of carbonyl (C=O) groups excluding carboxylic acids is 2. The van der Waals surface area contributed by atoms with Crippen molar-refractivity contribution >= 4 is 23.4 Å². The van der Waals surface area contributed by atoms with Crippen LogP contribution in [0.15, 0.2) is 42.5 Å². The van der Waals surface area contributed by atoms with E-state index in [0.29, 0.717) is 28.7 Å². The number of hydrogen-bond acceptors (Lipinski definition) is 6. The SMILES string of the molecule is COC(=O)C[C@@H]1COc2cc(OCc3cc(-c4c(C)cc5c(c4C)C(=O)C4(CC4)O5)ccc3Cl)ccc21. The molecule has 3 aliphatic rings. The Morgan fingerprint density at radius 2 is 1.89 bits per heavy atom. The number of rotatable bonds is 6. The number of fused-ring (bicyclic) bond motifs is 2. The molecule has 1 fully saturated rings. The molecule has 0 aromatic heterocycles. The highest BCUT2D eigenvalue weighted by molar-refractivity contribution is 6.31. The maximum Gasteiger partial charge on any atom is 0.306 e. The molecular formula is C30H27ClO6. The van der Waals surface area contributed by atoms with Gasteiger partial charge in [-0.25, -0.2) is 0 Å². The van der Waals surface area contributed by atoms with E-state index in [1.165, 1.54) is 7.11 Å². The summed E-state index contributed by atoms with van der Waals surface area (Å²) in [7, 11) is 1.39. The minimum atomic E-state index is -0.615. The number of aryl methyl sites for hydroxylation is 1. The molecule has 0 saturated heterocycles. The Balaban J connectivity index is 1.24. The van der Waals surface area contributed by atoms with Gasteiger partial charge in [0, 0.05) is 28.1 Å². The van der Waals surface area contributed by atoms with E-state index in [-0.39, 0.29) is 30.7 Å². The van der Waals surface area contributed by atoms with Crippen molar-refractivity contribution in [3.8, 4) is 28.4 Å². The first-order chi connectivity index (χ1) is 17.8. The Bertz CT molecular complexity index is 1450. The van der Waals surface area contributed by atoms with Crippen LogP contribution in [0.2, 0.25) is 5.02 Å². The van der Waals surface area contributed by atoms with Gasteiger partial charge in [-0.1, -0.05) is 23.7 Å². The van der Waals surface area contributed by atoms with Crippen LogP contribution in [0.4, 0.5) is 0 Å². The first kappa shape index (κ1) is 23.9. The molecule has 0 radical (unpaired) electrons. The molecule has 0 amide bonds. The number of ketones is 1. The number of hydrogen-bond donors (Lipinski definition) is 0. The van der Waals surface area contributed by atoms with Gasteiger partial charge in [0.15, 0.2) is 5.60 Å². The van der Waals surface area contributed by atoms with E-state index in [1.807, 2.05) is 56.3 Å². The number of esters is 1. The maximum atomic E-state index is 13.0. The zero-order chi connectivity index (χ0) is 25.9. The van der Waals surface area contributed by atoms with Gasteiger partial charge in [0.25, 0.3) is 0 Å². The molecule has 1 aliphatic carbocycles. The smallest absolute Gasteiger partial charge is 0.306 e. The molecular weight excluding hydrogens is 492 g/mol. The quantitative estimate of drug-likeness (QED) is 0.354. The largest absolute Gasteiger partial charge is 0.492 e. The molecule has 0 bridgehead atoms. The van der Waals surface area contributed by atoms with Crippen molar-refractivity contribution in [3.63, 3.8) is 0 Å². The number of benzene rings is 3. The molecule has 6 nitrogen and oxygen atoms in total. The molecule has 6 rings (SSSR count). The summed E-state index contributed by atoms with van der Waals surface area (Å²) < 4.78 is 22.7. The summed E-state index contributed by atoms with van der Waals surface area (Å²) in [5.41, 5.74) is 5.90. The lowest BCUT2D eigenvalue weighted by Gasteiger charge is -2.15. The second-order valence-corrected chi connectivity index (χ2v) is 10.5. The summed E-state index contributed by atoms with van der Waals surface area (Å²) in [6, 6.07) is 13.5. The fourth-order valence-electron chi connectivity index (χ4n) is 5.48. The molecule has 37 heavy (non-hydrogen) atoms. The van der Waals surface area contributed by atoms with Crippen LogP contribution in [-0.2, 0) is 16.1 Å². The van der Waals surface area contributed by atoms with Crippen LogP contribution in [0.1, 0.15) is 57.8 Å². The van der Waals surface area contributed by atoms with Gasteiger partial charge in [-0.3, -0.25) is 9.59 Å². The van der Waals surface area contributed by atoms with Crippen LogP contribution in [0, 0.1) is 13.8 Å². The van der Waals surface area contributed by atoms with E-state index in [1.54, 1.807) is 0 Å². The Kier molecular flexibility index (Phi) is 5.68. The number of Topliss-reactive ketones (excluding diaryl/α,β-unsaturated/α-hetero) is 1. The molecule has 2 heterocycles. The average Bonchev–Trinajstić information content (AvgIpc) is 3.47. The summed E-state index contributed by atoms with van der Waals surface area (Å²) in [5, 5.41) is 0.604. The third-order valence-corrected chi connectivity index (χ3v) is 7.99. The molecule has 2 aliphatic heterocycles. The van der Waals surface area contributed by atoms with E-state index in [0.717, 1.165) is 52.0 Å². The number of carbonyl (C=O) groups is 2. The third-order valence-electron chi connectivity index (χ3n) is 7.62. The van der Waals surface area contributed by atoms with Gasteiger partial charge in [-0.05, 0) is 73.2 Å². The molecule has 3 aromatic carbocycles. The zero-order valence-electron chi connectivity index (χ0n) is 21.0. The van der Waals surface area contributed by atoms with Crippen LogP contribution in [-0.4, -0.2) is 31.1 Å². The summed E-state index contributed by atoms with van der Waals surface area (Å²) in [6.07, 6.45) is 1.86. The molecule has 1 atom stereocenters. The second-order valence-electron chi connectivity index (χ2n) is 10.1. The van der Waals surface area contributed by atoms with Crippen LogP contribution in [0.5, 0.6) is 17.2 Å².